The lowest BCUT2D eigenvalue weighted by molar-refractivity contribution is -0.392. The largest absolute Gasteiger partial charge is 0.418 e. The van der Waals surface area contributed by atoms with Crippen LogP contribution < -0.4 is 11.2 Å². The number of nitrogen functional groups attached to an aromatic ring is 1. The molecule has 9 nitrogen and oxygen atoms in total. The number of nitrogens with two attached hydrogens (primary N) is 1. The molecule has 0 bridgehead atoms. The number of benzene rings is 1. The van der Waals surface area contributed by atoms with Crippen LogP contribution in [0.1, 0.15) is 19.4 Å². The van der Waals surface area contributed by atoms with Gasteiger partial charge in [-0.1, -0.05) is 13.8 Å². The summed E-state index contributed by atoms with van der Waals surface area (Å²) in [7, 11) is 0. The van der Waals surface area contributed by atoms with Crippen LogP contribution in [0.5, 0.6) is 0 Å². The molecular formula is C11H14F3N5O4. The molecule has 0 radical (unpaired) electrons. The fourth-order valence-corrected chi connectivity index (χ4v) is 1.89. The highest BCUT2D eigenvalue weighted by Gasteiger charge is 2.41. The van der Waals surface area contributed by atoms with Gasteiger partial charge in [-0.15, -0.1) is 0 Å². The number of nitrogens with one attached hydrogen (secondary N) is 1. The molecule has 0 atom stereocenters. The molecule has 1 rings (SSSR count). The first-order valence-corrected chi connectivity index (χ1v) is 6.38. The topological polar surface area (TPSA) is 128 Å². The normalized spacial score (nSPS) is 11.6. The maximum absolute atomic E-state index is 12.9. The fraction of sp³-hybridized carbons (Fsp3) is 0.455. The average molecular weight is 337 g/mol. The van der Waals surface area contributed by atoms with Crippen LogP contribution in [0, 0.1) is 20.2 Å². The van der Waals surface area contributed by atoms with Gasteiger partial charge in [-0.25, -0.2) is 5.01 Å². The SMILES string of the molecule is CCN(CC)Nc1c([N+](=O)[O-])cc(C(F)(F)F)c(N)c1[N+](=O)[O-]. The third-order valence-electron chi connectivity index (χ3n) is 3.04. The van der Waals surface area contributed by atoms with Crippen LogP contribution in [0.25, 0.3) is 0 Å². The number of anilines is 2. The number of alkyl halides is 3. The monoisotopic (exact) mass is 337 g/mol. The highest BCUT2D eigenvalue weighted by atomic mass is 19.4. The molecule has 0 aliphatic carbocycles. The Morgan fingerprint density at radius 2 is 1.74 bits per heavy atom. The second-order valence-corrected chi connectivity index (χ2v) is 4.38. The van der Waals surface area contributed by atoms with Gasteiger partial charge in [0.2, 0.25) is 5.69 Å². The summed E-state index contributed by atoms with van der Waals surface area (Å²) >= 11 is 0. The first kappa shape index (κ1) is 18.4. The predicted octanol–water partition coefficient (Wildman–Crippen LogP) is 2.77. The highest BCUT2D eigenvalue weighted by Crippen LogP contribution is 2.46. The third kappa shape index (κ3) is 3.77. The predicted molar refractivity (Wildman–Crippen MR) is 75.7 cm³/mol. The minimum Gasteiger partial charge on any atom is -0.393 e. The van der Waals surface area contributed by atoms with E-state index < -0.39 is 44.3 Å². The van der Waals surface area contributed by atoms with Crippen molar-refractivity contribution >= 4 is 22.7 Å². The van der Waals surface area contributed by atoms with Crippen molar-refractivity contribution in [2.45, 2.75) is 20.0 Å². The Balaban J connectivity index is 3.75. The summed E-state index contributed by atoms with van der Waals surface area (Å²) in [6, 6.07) is 0.189. The van der Waals surface area contributed by atoms with Gasteiger partial charge in [0, 0.05) is 19.2 Å². The molecular weight excluding hydrogens is 323 g/mol. The highest BCUT2D eigenvalue weighted by molar-refractivity contribution is 5.85. The minimum absolute atomic E-state index is 0.189. The molecule has 0 spiro atoms. The molecule has 128 valence electrons. The van der Waals surface area contributed by atoms with E-state index in [2.05, 4.69) is 5.43 Å². The van der Waals surface area contributed by atoms with Crippen LogP contribution in [0.3, 0.4) is 0 Å². The van der Waals surface area contributed by atoms with E-state index >= 15 is 0 Å². The van der Waals surface area contributed by atoms with E-state index in [1.165, 1.54) is 5.01 Å². The van der Waals surface area contributed by atoms with Crippen LogP contribution in [0.15, 0.2) is 6.07 Å². The number of nitro benzene ring substituents is 2. The van der Waals surface area contributed by atoms with Crippen molar-refractivity contribution in [3.63, 3.8) is 0 Å². The summed E-state index contributed by atoms with van der Waals surface area (Å²) in [5, 5.41) is 23.5. The van der Waals surface area contributed by atoms with Crippen LogP contribution in [-0.2, 0) is 6.18 Å². The molecule has 1 aromatic carbocycles. The van der Waals surface area contributed by atoms with Crippen molar-refractivity contribution in [2.24, 2.45) is 0 Å². The van der Waals surface area contributed by atoms with Crippen LogP contribution >= 0.6 is 0 Å². The molecule has 12 heteroatoms. The second-order valence-electron chi connectivity index (χ2n) is 4.38. The first-order valence-electron chi connectivity index (χ1n) is 6.38. The lowest BCUT2D eigenvalue weighted by Crippen LogP contribution is -2.30. The van der Waals surface area contributed by atoms with Gasteiger partial charge in [-0.3, -0.25) is 20.2 Å². The van der Waals surface area contributed by atoms with Gasteiger partial charge < -0.3 is 11.2 Å². The lowest BCUT2D eigenvalue weighted by atomic mass is 10.1. The van der Waals surface area contributed by atoms with Crippen molar-refractivity contribution in [1.29, 1.82) is 0 Å². The van der Waals surface area contributed by atoms with Crippen molar-refractivity contribution in [3.05, 3.63) is 31.9 Å². The summed E-state index contributed by atoms with van der Waals surface area (Å²) in [6.07, 6.45) is -5.06. The van der Waals surface area contributed by atoms with E-state index in [0.29, 0.717) is 13.1 Å². The number of hydrazine groups is 1. The van der Waals surface area contributed by atoms with Gasteiger partial charge in [-0.2, -0.15) is 13.2 Å². The summed E-state index contributed by atoms with van der Waals surface area (Å²) in [4.78, 5) is 19.9. The molecule has 0 aliphatic rings. The van der Waals surface area contributed by atoms with Crippen molar-refractivity contribution in [2.75, 3.05) is 24.2 Å². The molecule has 0 fully saturated rings. The summed E-state index contributed by atoms with van der Waals surface area (Å²) < 4.78 is 38.7. The second kappa shape index (κ2) is 6.64. The zero-order chi connectivity index (χ0) is 17.9. The third-order valence-corrected chi connectivity index (χ3v) is 3.04. The number of halogens is 3. The quantitative estimate of drug-likeness (QED) is 0.464. The Bertz CT molecular complexity index is 631. The zero-order valence-corrected chi connectivity index (χ0v) is 12.2. The van der Waals surface area contributed by atoms with Crippen molar-refractivity contribution in [1.82, 2.24) is 5.01 Å². The van der Waals surface area contributed by atoms with Gasteiger partial charge >= 0.3 is 17.6 Å². The number of nitro groups is 2. The fourth-order valence-electron chi connectivity index (χ4n) is 1.89. The van der Waals surface area contributed by atoms with E-state index in [1.807, 2.05) is 0 Å². The Kier molecular flexibility index (Phi) is 5.32. The molecule has 0 aliphatic heterocycles. The molecule has 0 amide bonds. The Labute approximate surface area is 128 Å². The van der Waals surface area contributed by atoms with Gasteiger partial charge in [0.05, 0.1) is 15.4 Å². The number of hydrogen-bond donors (Lipinski definition) is 2. The van der Waals surface area contributed by atoms with Gasteiger partial charge in [0.25, 0.3) is 0 Å². The lowest BCUT2D eigenvalue weighted by Gasteiger charge is -2.21. The van der Waals surface area contributed by atoms with Crippen molar-refractivity contribution < 1.29 is 23.0 Å². The molecule has 23 heavy (non-hydrogen) atoms. The van der Waals surface area contributed by atoms with Crippen LogP contribution in [-0.4, -0.2) is 27.9 Å². The maximum atomic E-state index is 12.9. The number of hydrogen-bond acceptors (Lipinski definition) is 7. The Morgan fingerprint density at radius 1 is 1.22 bits per heavy atom. The molecule has 3 N–H and O–H groups in total. The van der Waals surface area contributed by atoms with E-state index in [4.69, 9.17) is 5.73 Å². The summed E-state index contributed by atoms with van der Waals surface area (Å²) in [6.45, 7) is 3.90. The standard InChI is InChI=1S/C11H14F3N5O4/c1-3-17(4-2)16-9-7(18(20)21)5-6(11(12,13)14)8(15)10(9)19(22)23/h5,16H,3-4,15H2,1-2H3. The Hall–Kier alpha value is -2.63. The van der Waals surface area contributed by atoms with E-state index in [9.17, 15) is 33.4 Å². The molecule has 0 aromatic heterocycles. The van der Waals surface area contributed by atoms with E-state index in [0.717, 1.165) is 0 Å². The summed E-state index contributed by atoms with van der Waals surface area (Å²) in [5.74, 6) is 0. The average Bonchev–Trinajstić information content (AvgIpc) is 2.42. The minimum atomic E-state index is -5.06. The van der Waals surface area contributed by atoms with Gasteiger partial charge in [-0.05, 0) is 0 Å². The summed E-state index contributed by atoms with van der Waals surface area (Å²) in [5.41, 5.74) is 1.91. The number of nitrogens with zero attached hydrogens (tertiary/aromatic N) is 3. The zero-order valence-electron chi connectivity index (χ0n) is 12.2. The van der Waals surface area contributed by atoms with E-state index in [-0.39, 0.29) is 6.07 Å². The van der Waals surface area contributed by atoms with Gasteiger partial charge in [0.1, 0.15) is 5.69 Å². The van der Waals surface area contributed by atoms with Crippen LogP contribution in [0.4, 0.5) is 35.9 Å². The molecule has 0 unspecified atom stereocenters. The maximum Gasteiger partial charge on any atom is 0.418 e. The van der Waals surface area contributed by atoms with Crippen LogP contribution in [0.2, 0.25) is 0 Å². The van der Waals surface area contributed by atoms with Crippen molar-refractivity contribution in [3.8, 4) is 0 Å². The number of rotatable bonds is 6. The van der Waals surface area contributed by atoms with E-state index in [1.54, 1.807) is 13.8 Å². The molecule has 0 saturated heterocycles. The Morgan fingerprint density at radius 3 is 2.09 bits per heavy atom. The molecule has 0 heterocycles. The van der Waals surface area contributed by atoms with Gasteiger partial charge in [0.15, 0.2) is 0 Å². The first-order chi connectivity index (χ1) is 10.5. The molecule has 0 saturated carbocycles. The molecule has 1 aromatic rings. The smallest absolute Gasteiger partial charge is 0.393 e.